The fraction of sp³-hybridized carbons (Fsp3) is 0.294. The Morgan fingerprint density at radius 3 is 1.76 bits per heavy atom. The van der Waals surface area contributed by atoms with Crippen molar-refractivity contribution < 1.29 is 0 Å². The predicted molar refractivity (Wildman–Crippen MR) is 94.9 cm³/mol. The summed E-state index contributed by atoms with van der Waals surface area (Å²) in [6.07, 6.45) is 0.877. The lowest BCUT2D eigenvalue weighted by Gasteiger charge is -2.31. The molecule has 2 aromatic carbocycles. The topological polar surface area (TPSA) is 26.0 Å². The van der Waals surface area contributed by atoms with Gasteiger partial charge in [-0.25, -0.2) is 0 Å². The molecule has 0 amide bonds. The second-order valence-corrected chi connectivity index (χ2v) is 6.63. The van der Waals surface area contributed by atoms with Crippen molar-refractivity contribution in [2.24, 2.45) is 5.73 Å². The Balaban J connectivity index is 0.00000220. The molecule has 0 fully saturated rings. The lowest BCUT2D eigenvalue weighted by Crippen LogP contribution is -2.40. The maximum absolute atomic E-state index is 6.37. The SMILES string of the molecule is CC(C)(N)C(Cc1ccc(Cl)cc1)c1ccc(Cl)cc1.Cl. The molecular weight excluding hydrogens is 325 g/mol. The number of hydrogen-bond acceptors (Lipinski definition) is 1. The molecule has 0 aliphatic carbocycles. The van der Waals surface area contributed by atoms with Crippen LogP contribution in [0.3, 0.4) is 0 Å². The summed E-state index contributed by atoms with van der Waals surface area (Å²) >= 11 is 11.9. The van der Waals surface area contributed by atoms with Crippen molar-refractivity contribution in [2.45, 2.75) is 31.7 Å². The van der Waals surface area contributed by atoms with E-state index in [2.05, 4.69) is 38.1 Å². The molecule has 0 saturated heterocycles. The van der Waals surface area contributed by atoms with Crippen molar-refractivity contribution in [3.05, 3.63) is 69.7 Å². The molecule has 2 aromatic rings. The van der Waals surface area contributed by atoms with Crippen LogP contribution in [0.2, 0.25) is 10.0 Å². The summed E-state index contributed by atoms with van der Waals surface area (Å²) in [5, 5.41) is 1.50. The maximum Gasteiger partial charge on any atom is 0.0406 e. The van der Waals surface area contributed by atoms with E-state index in [4.69, 9.17) is 28.9 Å². The monoisotopic (exact) mass is 343 g/mol. The molecule has 4 heteroatoms. The van der Waals surface area contributed by atoms with Crippen LogP contribution >= 0.6 is 35.6 Å². The van der Waals surface area contributed by atoms with Crippen LogP contribution < -0.4 is 5.73 Å². The number of halogens is 3. The number of rotatable bonds is 4. The first kappa shape index (κ1) is 18.3. The normalized spacial score (nSPS) is 12.6. The van der Waals surface area contributed by atoms with Gasteiger partial charge in [0.25, 0.3) is 0 Å². The molecule has 1 nitrogen and oxygen atoms in total. The zero-order valence-corrected chi connectivity index (χ0v) is 14.5. The number of benzene rings is 2. The number of hydrogen-bond donors (Lipinski definition) is 1. The van der Waals surface area contributed by atoms with Crippen molar-refractivity contribution in [3.8, 4) is 0 Å². The molecule has 1 atom stereocenters. The van der Waals surface area contributed by atoms with Crippen LogP contribution in [-0.2, 0) is 6.42 Å². The van der Waals surface area contributed by atoms with E-state index in [9.17, 15) is 0 Å². The average molecular weight is 345 g/mol. The smallest absolute Gasteiger partial charge is 0.0406 e. The zero-order chi connectivity index (χ0) is 14.8. The van der Waals surface area contributed by atoms with Crippen LogP contribution in [0, 0.1) is 0 Å². The van der Waals surface area contributed by atoms with E-state index in [1.165, 1.54) is 11.1 Å². The first-order chi connectivity index (χ1) is 9.36. The fourth-order valence-corrected chi connectivity index (χ4v) is 2.61. The molecule has 1 unspecified atom stereocenters. The molecule has 0 bridgehead atoms. The van der Waals surface area contributed by atoms with Crippen molar-refractivity contribution in [2.75, 3.05) is 0 Å². The van der Waals surface area contributed by atoms with E-state index >= 15 is 0 Å². The minimum absolute atomic E-state index is 0. The van der Waals surface area contributed by atoms with Crippen LogP contribution in [-0.4, -0.2) is 5.54 Å². The Hall–Kier alpha value is -0.730. The highest BCUT2D eigenvalue weighted by atomic mass is 35.5. The van der Waals surface area contributed by atoms with Crippen molar-refractivity contribution in [1.29, 1.82) is 0 Å². The van der Waals surface area contributed by atoms with Crippen LogP contribution in [0.25, 0.3) is 0 Å². The first-order valence-electron chi connectivity index (χ1n) is 6.65. The molecule has 21 heavy (non-hydrogen) atoms. The molecular formula is C17H20Cl3N. The van der Waals surface area contributed by atoms with Gasteiger partial charge in [0.1, 0.15) is 0 Å². The van der Waals surface area contributed by atoms with Gasteiger partial charge in [-0.2, -0.15) is 0 Å². The van der Waals surface area contributed by atoms with E-state index in [0.717, 1.165) is 16.5 Å². The summed E-state index contributed by atoms with van der Waals surface area (Å²) in [5.41, 5.74) is 8.49. The highest BCUT2D eigenvalue weighted by Crippen LogP contribution is 2.31. The van der Waals surface area contributed by atoms with Gasteiger partial charge < -0.3 is 5.73 Å². The summed E-state index contributed by atoms with van der Waals surface area (Å²) in [6.45, 7) is 4.12. The summed E-state index contributed by atoms with van der Waals surface area (Å²) in [4.78, 5) is 0. The lowest BCUT2D eigenvalue weighted by molar-refractivity contribution is 0.408. The lowest BCUT2D eigenvalue weighted by atomic mass is 9.79. The van der Waals surface area contributed by atoms with Gasteiger partial charge in [-0.3, -0.25) is 0 Å². The van der Waals surface area contributed by atoms with Gasteiger partial charge >= 0.3 is 0 Å². The summed E-state index contributed by atoms with van der Waals surface area (Å²) in [5.74, 6) is 0.223. The van der Waals surface area contributed by atoms with E-state index < -0.39 is 0 Å². The van der Waals surface area contributed by atoms with E-state index in [0.29, 0.717) is 0 Å². The van der Waals surface area contributed by atoms with Gasteiger partial charge in [0, 0.05) is 21.5 Å². The molecule has 0 radical (unpaired) electrons. The summed E-state index contributed by atoms with van der Waals surface area (Å²) in [7, 11) is 0. The molecule has 2 rings (SSSR count). The van der Waals surface area contributed by atoms with E-state index in [-0.39, 0.29) is 23.9 Å². The van der Waals surface area contributed by atoms with Gasteiger partial charge in [0.2, 0.25) is 0 Å². The van der Waals surface area contributed by atoms with Gasteiger partial charge in [-0.05, 0) is 55.7 Å². The highest BCUT2D eigenvalue weighted by Gasteiger charge is 2.26. The van der Waals surface area contributed by atoms with Gasteiger partial charge in [-0.1, -0.05) is 47.5 Å². The first-order valence-corrected chi connectivity index (χ1v) is 7.40. The van der Waals surface area contributed by atoms with Gasteiger partial charge in [0.15, 0.2) is 0 Å². The quantitative estimate of drug-likeness (QED) is 0.781. The van der Waals surface area contributed by atoms with Crippen molar-refractivity contribution >= 4 is 35.6 Å². The van der Waals surface area contributed by atoms with E-state index in [1.54, 1.807) is 0 Å². The molecule has 0 heterocycles. The Labute approximate surface area is 142 Å². The third kappa shape index (κ3) is 5.19. The average Bonchev–Trinajstić information content (AvgIpc) is 2.38. The van der Waals surface area contributed by atoms with Gasteiger partial charge in [-0.15, -0.1) is 12.4 Å². The highest BCUT2D eigenvalue weighted by molar-refractivity contribution is 6.30. The fourth-order valence-electron chi connectivity index (χ4n) is 2.36. The van der Waals surface area contributed by atoms with Crippen molar-refractivity contribution in [1.82, 2.24) is 0 Å². The van der Waals surface area contributed by atoms with E-state index in [1.807, 2.05) is 24.3 Å². The van der Waals surface area contributed by atoms with Crippen LogP contribution in [0.4, 0.5) is 0 Å². The molecule has 0 spiro atoms. The molecule has 2 N–H and O–H groups in total. The Morgan fingerprint density at radius 1 is 0.905 bits per heavy atom. The molecule has 0 saturated carbocycles. The molecule has 0 aliphatic heterocycles. The molecule has 114 valence electrons. The standard InChI is InChI=1S/C17H19Cl2N.ClH/c1-17(2,20)16(13-5-9-15(19)10-6-13)11-12-3-7-14(18)8-4-12;/h3-10,16H,11,20H2,1-2H3;1H. The molecule has 0 aromatic heterocycles. The van der Waals surface area contributed by atoms with Crippen molar-refractivity contribution in [3.63, 3.8) is 0 Å². The second-order valence-electron chi connectivity index (χ2n) is 5.76. The van der Waals surface area contributed by atoms with Gasteiger partial charge in [0.05, 0.1) is 0 Å². The Morgan fingerprint density at radius 2 is 1.33 bits per heavy atom. The Kier molecular flexibility index (Phi) is 6.55. The number of nitrogens with two attached hydrogens (primary N) is 1. The summed E-state index contributed by atoms with van der Waals surface area (Å²) in [6, 6.07) is 15.9. The minimum atomic E-state index is -0.312. The van der Waals surface area contributed by atoms with Crippen LogP contribution in [0.15, 0.2) is 48.5 Å². The zero-order valence-electron chi connectivity index (χ0n) is 12.1. The summed E-state index contributed by atoms with van der Waals surface area (Å²) < 4.78 is 0. The third-order valence-corrected chi connectivity index (χ3v) is 4.03. The minimum Gasteiger partial charge on any atom is -0.325 e. The second kappa shape index (κ2) is 7.51. The molecule has 0 aliphatic rings. The largest absolute Gasteiger partial charge is 0.325 e. The third-order valence-electron chi connectivity index (χ3n) is 3.52. The van der Waals surface area contributed by atoms with Crippen LogP contribution in [0.5, 0.6) is 0 Å². The Bertz CT molecular complexity index is 556. The predicted octanol–water partition coefficient (Wildman–Crippen LogP) is 5.48. The maximum atomic E-state index is 6.37. The van der Waals surface area contributed by atoms with Crippen LogP contribution in [0.1, 0.15) is 30.9 Å².